The van der Waals surface area contributed by atoms with Gasteiger partial charge in [0.15, 0.2) is 5.11 Å². The van der Waals surface area contributed by atoms with Crippen LogP contribution in [0.3, 0.4) is 0 Å². The van der Waals surface area contributed by atoms with Crippen molar-refractivity contribution in [3.05, 3.63) is 59.7 Å². The van der Waals surface area contributed by atoms with Gasteiger partial charge in [0.25, 0.3) is 11.8 Å². The average molecular weight is 484 g/mol. The molecular weight excluding hydrogens is 446 g/mol. The number of rotatable bonds is 13. The fourth-order valence-electron chi connectivity index (χ4n) is 3.56. The van der Waals surface area contributed by atoms with Crippen molar-refractivity contribution in [3.63, 3.8) is 0 Å². The molecule has 0 unspecified atom stereocenters. The summed E-state index contributed by atoms with van der Waals surface area (Å²) in [7, 11) is 0. The number of ether oxygens (including phenoxy) is 1. The number of nitrogens with zero attached hydrogens (tertiary/aromatic N) is 1. The number of carbonyl (C=O) groups excluding carboxylic acids is 2. The van der Waals surface area contributed by atoms with Crippen LogP contribution in [0, 0.1) is 0 Å². The molecule has 7 heteroatoms. The van der Waals surface area contributed by atoms with E-state index in [0.29, 0.717) is 29.2 Å². The molecule has 0 bridgehead atoms. The molecule has 2 aromatic rings. The normalized spacial score (nSPS) is 10.4. The van der Waals surface area contributed by atoms with E-state index in [2.05, 4.69) is 31.4 Å². The van der Waals surface area contributed by atoms with Crippen molar-refractivity contribution in [1.29, 1.82) is 0 Å². The van der Waals surface area contributed by atoms with Crippen LogP contribution in [-0.4, -0.2) is 41.5 Å². The Morgan fingerprint density at radius 1 is 0.882 bits per heavy atom. The number of anilines is 1. The van der Waals surface area contributed by atoms with Gasteiger partial charge in [-0.3, -0.25) is 14.9 Å². The van der Waals surface area contributed by atoms with Gasteiger partial charge in [0.2, 0.25) is 0 Å². The predicted molar refractivity (Wildman–Crippen MR) is 143 cm³/mol. The minimum absolute atomic E-state index is 0.0254. The van der Waals surface area contributed by atoms with Gasteiger partial charge in [0.05, 0.1) is 12.2 Å². The van der Waals surface area contributed by atoms with Crippen molar-refractivity contribution < 1.29 is 14.3 Å². The third-order valence-corrected chi connectivity index (χ3v) is 5.48. The second-order valence-corrected chi connectivity index (χ2v) is 8.59. The van der Waals surface area contributed by atoms with E-state index in [1.807, 2.05) is 11.0 Å². The lowest BCUT2D eigenvalue weighted by atomic mass is 10.1. The summed E-state index contributed by atoms with van der Waals surface area (Å²) in [4.78, 5) is 27.4. The highest BCUT2D eigenvalue weighted by molar-refractivity contribution is 7.80. The number of nitrogens with one attached hydrogen (secondary N) is 2. The van der Waals surface area contributed by atoms with Crippen molar-refractivity contribution in [1.82, 2.24) is 10.2 Å². The Hall–Kier alpha value is -2.93. The minimum Gasteiger partial charge on any atom is -0.493 e. The van der Waals surface area contributed by atoms with Gasteiger partial charge in [-0.25, -0.2) is 0 Å². The summed E-state index contributed by atoms with van der Waals surface area (Å²) in [6.45, 7) is 8.36. The monoisotopic (exact) mass is 483 g/mol. The number of carbonyl (C=O) groups is 2. The molecule has 6 nitrogen and oxygen atoms in total. The van der Waals surface area contributed by atoms with Gasteiger partial charge in [-0.05, 0) is 67.9 Å². The molecule has 2 amide bonds. The summed E-state index contributed by atoms with van der Waals surface area (Å²) >= 11 is 5.33. The first-order valence-corrected chi connectivity index (χ1v) is 12.6. The Kier molecular flexibility index (Phi) is 12.1. The molecule has 0 aliphatic carbocycles. The largest absolute Gasteiger partial charge is 0.493 e. The second kappa shape index (κ2) is 15.1. The highest BCUT2D eigenvalue weighted by Crippen LogP contribution is 2.19. The first-order chi connectivity index (χ1) is 16.5. The Labute approximate surface area is 209 Å². The van der Waals surface area contributed by atoms with Gasteiger partial charge in [-0.1, -0.05) is 52.2 Å². The molecule has 2 N–H and O–H groups in total. The number of benzene rings is 2. The van der Waals surface area contributed by atoms with Crippen LogP contribution < -0.4 is 15.4 Å². The summed E-state index contributed by atoms with van der Waals surface area (Å²) in [5.74, 6) is 0.242. The van der Waals surface area contributed by atoms with Gasteiger partial charge in [0.1, 0.15) is 5.75 Å². The molecule has 2 rings (SSSR count). The van der Waals surface area contributed by atoms with Crippen LogP contribution in [0.5, 0.6) is 5.75 Å². The van der Waals surface area contributed by atoms with Crippen LogP contribution >= 0.6 is 12.2 Å². The van der Waals surface area contributed by atoms with E-state index < -0.39 is 0 Å². The third-order valence-electron chi connectivity index (χ3n) is 5.28. The number of hydrogen-bond donors (Lipinski definition) is 2. The quantitative estimate of drug-likeness (QED) is 0.269. The van der Waals surface area contributed by atoms with Crippen LogP contribution in [0.15, 0.2) is 48.5 Å². The highest BCUT2D eigenvalue weighted by Gasteiger charge is 2.15. The molecule has 0 aromatic heterocycles. The number of thiocarbonyl (C=S) groups is 1. The molecule has 0 aliphatic heterocycles. The Morgan fingerprint density at radius 2 is 1.56 bits per heavy atom. The molecule has 0 atom stereocenters. The Bertz CT molecular complexity index is 925. The molecule has 0 heterocycles. The van der Waals surface area contributed by atoms with Gasteiger partial charge in [-0.2, -0.15) is 0 Å². The number of unbranched alkanes of at least 4 members (excludes halogenated alkanes) is 3. The summed E-state index contributed by atoms with van der Waals surface area (Å²) in [5.41, 5.74) is 1.77. The Morgan fingerprint density at radius 3 is 2.21 bits per heavy atom. The first-order valence-electron chi connectivity index (χ1n) is 12.2. The molecule has 0 aliphatic rings. The summed E-state index contributed by atoms with van der Waals surface area (Å²) < 4.78 is 5.83. The lowest BCUT2D eigenvalue weighted by Gasteiger charge is -2.21. The number of para-hydroxylation sites is 1. The minimum atomic E-state index is -0.330. The van der Waals surface area contributed by atoms with Crippen LogP contribution in [0.1, 0.15) is 80.0 Å². The third kappa shape index (κ3) is 8.78. The van der Waals surface area contributed by atoms with E-state index >= 15 is 0 Å². The maximum atomic E-state index is 12.8. The Balaban J connectivity index is 1.93. The zero-order valence-electron chi connectivity index (χ0n) is 20.6. The smallest absolute Gasteiger partial charge is 0.261 e. The standard InChI is InChI=1S/C27H37N3O3S/c1-4-7-8-11-20-33-24-13-10-9-12-23(24)25(31)29-27(34)28-22-16-14-21(15-17-22)26(32)30(18-5-2)19-6-3/h9-10,12-17H,4-8,11,18-20H2,1-3H3,(H2,28,29,31,34). The van der Waals surface area contributed by atoms with Crippen molar-refractivity contribution in [3.8, 4) is 5.75 Å². The predicted octanol–water partition coefficient (Wildman–Crippen LogP) is 6.03. The average Bonchev–Trinajstić information content (AvgIpc) is 2.84. The van der Waals surface area contributed by atoms with Crippen molar-refractivity contribution in [2.75, 3.05) is 25.0 Å². The maximum absolute atomic E-state index is 12.8. The molecule has 34 heavy (non-hydrogen) atoms. The van der Waals surface area contributed by atoms with Crippen molar-refractivity contribution >= 4 is 34.8 Å². The van der Waals surface area contributed by atoms with Crippen molar-refractivity contribution in [2.45, 2.75) is 59.3 Å². The van der Waals surface area contributed by atoms with Crippen LogP contribution in [-0.2, 0) is 0 Å². The number of amides is 2. The molecule has 0 radical (unpaired) electrons. The SMILES string of the molecule is CCCCCCOc1ccccc1C(=O)NC(=S)Nc1ccc(C(=O)N(CCC)CCC)cc1. The lowest BCUT2D eigenvalue weighted by Crippen LogP contribution is -2.34. The zero-order chi connectivity index (χ0) is 24.8. The van der Waals surface area contributed by atoms with Crippen molar-refractivity contribution in [2.24, 2.45) is 0 Å². The highest BCUT2D eigenvalue weighted by atomic mass is 32.1. The van der Waals surface area contributed by atoms with E-state index in [1.54, 1.807) is 42.5 Å². The van der Waals surface area contributed by atoms with Gasteiger partial charge < -0.3 is 15.0 Å². The van der Waals surface area contributed by atoms with E-state index in [4.69, 9.17) is 17.0 Å². The first kappa shape index (κ1) is 27.3. The van der Waals surface area contributed by atoms with Crippen LogP contribution in [0.25, 0.3) is 0 Å². The van der Waals surface area contributed by atoms with E-state index in [0.717, 1.165) is 38.8 Å². The van der Waals surface area contributed by atoms with E-state index in [1.165, 1.54) is 12.8 Å². The zero-order valence-corrected chi connectivity index (χ0v) is 21.4. The van der Waals surface area contributed by atoms with Gasteiger partial charge >= 0.3 is 0 Å². The molecule has 0 saturated carbocycles. The lowest BCUT2D eigenvalue weighted by molar-refractivity contribution is 0.0755. The van der Waals surface area contributed by atoms with Gasteiger partial charge in [0, 0.05) is 24.3 Å². The maximum Gasteiger partial charge on any atom is 0.261 e. The number of hydrogen-bond acceptors (Lipinski definition) is 4. The summed E-state index contributed by atoms with van der Waals surface area (Å²) in [6.07, 6.45) is 6.25. The van der Waals surface area contributed by atoms with E-state index in [9.17, 15) is 9.59 Å². The summed E-state index contributed by atoms with van der Waals surface area (Å²) in [6, 6.07) is 14.3. The molecule has 2 aromatic carbocycles. The second-order valence-electron chi connectivity index (χ2n) is 8.18. The van der Waals surface area contributed by atoms with Crippen LogP contribution in [0.4, 0.5) is 5.69 Å². The molecule has 0 fully saturated rings. The van der Waals surface area contributed by atoms with E-state index in [-0.39, 0.29) is 16.9 Å². The van der Waals surface area contributed by atoms with Crippen LogP contribution in [0.2, 0.25) is 0 Å². The van der Waals surface area contributed by atoms with Gasteiger partial charge in [-0.15, -0.1) is 0 Å². The fourth-order valence-corrected chi connectivity index (χ4v) is 3.77. The molecule has 184 valence electrons. The molecular formula is C27H37N3O3S. The molecule has 0 spiro atoms. The fraction of sp³-hybridized carbons (Fsp3) is 0.444. The summed E-state index contributed by atoms with van der Waals surface area (Å²) in [5, 5.41) is 5.90. The molecule has 0 saturated heterocycles. The topological polar surface area (TPSA) is 70.7 Å².